The van der Waals surface area contributed by atoms with Gasteiger partial charge in [-0.05, 0) is 19.3 Å². The van der Waals surface area contributed by atoms with Gasteiger partial charge >= 0.3 is 43.7 Å². The van der Waals surface area contributed by atoms with Crippen molar-refractivity contribution in [3.05, 3.63) is 0 Å². The number of phosphoric ester groups is 1. The number of nitrogens with zero attached hydrogens (tertiary/aromatic N) is 1. The van der Waals surface area contributed by atoms with Crippen molar-refractivity contribution >= 4 is 19.8 Å². The number of unbranched alkanes of at least 4 members (excludes halogenated alkanes) is 16. The number of carbonyl (C=O) groups is 2. The molecule has 0 amide bonds. The zero-order chi connectivity index (χ0) is 42.2. The highest BCUT2D eigenvalue weighted by Crippen LogP contribution is 2.54. The molecular weight excluding hydrogens is 776 g/mol. The van der Waals surface area contributed by atoms with Gasteiger partial charge in [0, 0.05) is 19.3 Å². The van der Waals surface area contributed by atoms with Crippen LogP contribution < -0.4 is 0 Å². The molecule has 0 aliphatic rings. The van der Waals surface area contributed by atoms with E-state index in [1.165, 1.54) is 38.5 Å². The van der Waals surface area contributed by atoms with E-state index in [0.29, 0.717) is 43.1 Å². The van der Waals surface area contributed by atoms with Crippen LogP contribution in [0.5, 0.6) is 0 Å². The first-order valence-corrected chi connectivity index (χ1v) is 20.9. The van der Waals surface area contributed by atoms with Crippen LogP contribution in [0.1, 0.15) is 142 Å². The predicted molar refractivity (Wildman–Crippen MR) is 189 cm³/mol. The van der Waals surface area contributed by atoms with Crippen LogP contribution in [0.4, 0.5) is 39.5 Å². The summed E-state index contributed by atoms with van der Waals surface area (Å²) in [7, 11) is 1.06. The molecule has 2 atom stereocenters. The number of phosphoric acid groups is 1. The third kappa shape index (κ3) is 24.0. The zero-order valence-corrected chi connectivity index (χ0v) is 33.8. The van der Waals surface area contributed by atoms with E-state index in [1.807, 2.05) is 21.1 Å². The topological polar surface area (TPSA) is 108 Å². The van der Waals surface area contributed by atoms with Crippen LogP contribution in [0.25, 0.3) is 0 Å². The summed E-state index contributed by atoms with van der Waals surface area (Å²) in [6.07, 6.45) is 3.19. The maximum Gasteiger partial charge on any atom is 0.472 e. The number of rotatable bonds is 34. The molecule has 0 heterocycles. The Morgan fingerprint density at radius 2 is 1.05 bits per heavy atom. The molecule has 0 bridgehead atoms. The van der Waals surface area contributed by atoms with Gasteiger partial charge in [-0.15, -0.1) is 0 Å². The van der Waals surface area contributed by atoms with Crippen LogP contribution in [-0.4, -0.2) is 98.9 Å². The Hall–Kier alpha value is -1.62. The number of likely N-dealkylation sites (N-methyl/N-ethyl adjacent to an activating group) is 1. The first-order valence-electron chi connectivity index (χ1n) is 19.4. The van der Waals surface area contributed by atoms with Crippen molar-refractivity contribution in [1.29, 1.82) is 0 Å². The molecule has 328 valence electrons. The van der Waals surface area contributed by atoms with E-state index in [-0.39, 0.29) is 32.3 Å². The molecule has 0 aromatic heterocycles. The van der Waals surface area contributed by atoms with Gasteiger partial charge in [0.15, 0.2) is 6.10 Å². The Morgan fingerprint density at radius 1 is 0.618 bits per heavy atom. The summed E-state index contributed by atoms with van der Waals surface area (Å²) in [6, 6.07) is 0. The number of hydrogen-bond donors (Lipinski definition) is 1. The number of ether oxygens (including phenoxy) is 2. The Kier molecular flexibility index (Phi) is 25.6. The molecule has 0 aromatic rings. The van der Waals surface area contributed by atoms with E-state index in [1.54, 1.807) is 0 Å². The van der Waals surface area contributed by atoms with E-state index in [9.17, 15) is 58.6 Å². The molecule has 0 rings (SSSR count). The van der Waals surface area contributed by atoms with Crippen LogP contribution in [-0.2, 0) is 32.7 Å². The molecule has 0 aliphatic heterocycles. The maximum absolute atomic E-state index is 13.6. The summed E-state index contributed by atoms with van der Waals surface area (Å²) in [5, 5.41) is 0. The molecule has 1 unspecified atom stereocenters. The van der Waals surface area contributed by atoms with Gasteiger partial charge in [-0.2, -0.15) is 39.5 Å². The quantitative estimate of drug-likeness (QED) is 0.0224. The Balaban J connectivity index is 4.64. The third-order valence-electron chi connectivity index (χ3n) is 8.73. The first-order chi connectivity index (χ1) is 25.4. The normalized spacial score (nSPS) is 14.8. The molecule has 55 heavy (non-hydrogen) atoms. The first kappa shape index (κ1) is 53.4. The lowest BCUT2D eigenvalue weighted by Crippen LogP contribution is -2.60. The fourth-order valence-electron chi connectivity index (χ4n) is 5.26. The number of esters is 2. The van der Waals surface area contributed by atoms with Crippen LogP contribution in [0.15, 0.2) is 0 Å². The van der Waals surface area contributed by atoms with Gasteiger partial charge in [0.2, 0.25) is 0 Å². The van der Waals surface area contributed by atoms with E-state index < -0.39 is 75.9 Å². The highest BCUT2D eigenvalue weighted by Gasteiger charge is 2.81. The summed E-state index contributed by atoms with van der Waals surface area (Å²) in [5.41, 5.74) is 0. The number of hydrogen-bond acceptors (Lipinski definition) is 7. The van der Waals surface area contributed by atoms with E-state index in [0.717, 1.165) is 25.7 Å². The minimum atomic E-state index is -6.89. The monoisotopic (exact) mass is 840 g/mol. The lowest BCUT2D eigenvalue weighted by molar-refractivity contribution is -0.870. The number of alkyl halides is 9. The van der Waals surface area contributed by atoms with Crippen molar-refractivity contribution in [2.24, 2.45) is 0 Å². The molecule has 0 aliphatic carbocycles. The molecule has 0 aromatic carbocycles. The minimum absolute atomic E-state index is 0.0678. The molecule has 0 saturated heterocycles. The van der Waals surface area contributed by atoms with Gasteiger partial charge < -0.3 is 18.9 Å². The molecule has 0 saturated carbocycles. The van der Waals surface area contributed by atoms with Gasteiger partial charge in [0.25, 0.3) is 0 Å². The maximum atomic E-state index is 13.6. The molecule has 1 N–H and O–H groups in total. The van der Waals surface area contributed by atoms with Gasteiger partial charge in [-0.1, -0.05) is 103 Å². The second kappa shape index (κ2) is 26.4. The molecule has 19 heteroatoms. The van der Waals surface area contributed by atoms with Crippen molar-refractivity contribution in [2.45, 2.75) is 172 Å². The fraction of sp³-hybridized carbons (Fsp3) is 0.944. The summed E-state index contributed by atoms with van der Waals surface area (Å²) in [4.78, 5) is 35.0. The van der Waals surface area contributed by atoms with Crippen molar-refractivity contribution in [3.63, 3.8) is 0 Å². The molecule has 9 nitrogen and oxygen atoms in total. The summed E-state index contributed by atoms with van der Waals surface area (Å²) >= 11 is 0. The Bertz CT molecular complexity index is 1110. The van der Waals surface area contributed by atoms with Crippen molar-refractivity contribution < 1.29 is 81.6 Å². The second-order valence-corrected chi connectivity index (χ2v) is 16.5. The van der Waals surface area contributed by atoms with Gasteiger partial charge in [-0.3, -0.25) is 18.6 Å². The third-order valence-corrected chi connectivity index (χ3v) is 9.72. The minimum Gasteiger partial charge on any atom is -0.462 e. The number of halogens is 9. The van der Waals surface area contributed by atoms with Crippen molar-refractivity contribution in [3.8, 4) is 0 Å². The highest BCUT2D eigenvalue weighted by molar-refractivity contribution is 7.47. The molecule has 0 radical (unpaired) electrons. The fourth-order valence-corrected chi connectivity index (χ4v) is 6.00. The molecular formula is C36H64F9NO8P+. The SMILES string of the molecule is CCCCCCCCCCCCCC(=O)O[C@H](COC(=O)CCCCCCCCCC(F)(F)C(F)(F)C(F)(F)C(F)(F)F)COP(=O)(O)OCC[N+](C)(C)C. The Morgan fingerprint density at radius 3 is 1.51 bits per heavy atom. The summed E-state index contributed by atoms with van der Waals surface area (Å²) in [6.45, 7) is 1.46. The highest BCUT2D eigenvalue weighted by atomic mass is 31.2. The van der Waals surface area contributed by atoms with Crippen LogP contribution in [0, 0.1) is 0 Å². The lowest BCUT2D eigenvalue weighted by Gasteiger charge is -2.33. The van der Waals surface area contributed by atoms with Gasteiger partial charge in [0.1, 0.15) is 19.8 Å². The number of quaternary nitrogens is 1. The Labute approximate surface area is 320 Å². The van der Waals surface area contributed by atoms with Crippen LogP contribution >= 0.6 is 7.82 Å². The van der Waals surface area contributed by atoms with E-state index >= 15 is 0 Å². The van der Waals surface area contributed by atoms with Crippen molar-refractivity contribution in [1.82, 2.24) is 0 Å². The largest absolute Gasteiger partial charge is 0.472 e. The number of carbonyl (C=O) groups excluding carboxylic acids is 2. The van der Waals surface area contributed by atoms with E-state index in [2.05, 4.69) is 6.92 Å². The average Bonchev–Trinajstić information content (AvgIpc) is 3.06. The van der Waals surface area contributed by atoms with Gasteiger partial charge in [0.05, 0.1) is 27.7 Å². The molecule has 0 spiro atoms. The average molecular weight is 841 g/mol. The standard InChI is InChI=1S/C36H63F9NO8P/c1-5-6-7-8-9-10-11-12-14-18-21-24-32(48)54-30(29-53-55(49,50)52-27-26-46(2,3)4)28-51-31(47)23-20-17-15-13-16-19-22-25-33(37,38)34(39,40)35(41,42)36(43,44)45/h30H,5-29H2,1-4H3/p+1/t30-/m1/s1. The van der Waals surface area contributed by atoms with E-state index in [4.69, 9.17) is 18.5 Å². The summed E-state index contributed by atoms with van der Waals surface area (Å²) < 4.78 is 150. The van der Waals surface area contributed by atoms with Crippen molar-refractivity contribution in [2.75, 3.05) is 47.5 Å². The van der Waals surface area contributed by atoms with Crippen LogP contribution in [0.2, 0.25) is 0 Å². The lowest BCUT2D eigenvalue weighted by atomic mass is 9.97. The zero-order valence-electron chi connectivity index (χ0n) is 32.9. The summed E-state index contributed by atoms with van der Waals surface area (Å²) in [5.74, 6) is -20.3. The second-order valence-electron chi connectivity index (χ2n) is 15.0. The van der Waals surface area contributed by atoms with Crippen LogP contribution in [0.3, 0.4) is 0 Å². The molecule has 0 fully saturated rings. The smallest absolute Gasteiger partial charge is 0.462 e. The van der Waals surface area contributed by atoms with Gasteiger partial charge in [-0.25, -0.2) is 4.57 Å². The predicted octanol–water partition coefficient (Wildman–Crippen LogP) is 11.0.